The van der Waals surface area contributed by atoms with Crippen LogP contribution in [0.25, 0.3) is 0 Å². The topological polar surface area (TPSA) is 75.4 Å². The summed E-state index contributed by atoms with van der Waals surface area (Å²) in [5.41, 5.74) is 5.75. The van der Waals surface area contributed by atoms with E-state index in [1.807, 2.05) is 6.07 Å². The van der Waals surface area contributed by atoms with Gasteiger partial charge in [-0.25, -0.2) is 8.78 Å². The maximum absolute atomic E-state index is 13.9. The number of carbonyl (C=O) groups excluding carboxylic acids is 2. The highest BCUT2D eigenvalue weighted by Crippen LogP contribution is 2.28. The predicted molar refractivity (Wildman–Crippen MR) is 88.6 cm³/mol. The highest BCUT2D eigenvalue weighted by atomic mass is 19.1. The zero-order valence-corrected chi connectivity index (χ0v) is 13.3. The number of nitrogens with one attached hydrogen (secondary N) is 1. The lowest BCUT2D eigenvalue weighted by molar-refractivity contribution is -0.121. The van der Waals surface area contributed by atoms with Gasteiger partial charge in [0.2, 0.25) is 11.8 Å². The van der Waals surface area contributed by atoms with Crippen LogP contribution < -0.4 is 16.0 Å². The van der Waals surface area contributed by atoms with Gasteiger partial charge in [-0.05, 0) is 17.7 Å². The first-order valence-corrected chi connectivity index (χ1v) is 7.82. The molecule has 0 aliphatic carbocycles. The number of amides is 2. The number of benzene rings is 2. The number of carbonyl (C=O) groups is 2. The molecule has 1 heterocycles. The van der Waals surface area contributed by atoms with Gasteiger partial charge in [0, 0.05) is 19.0 Å². The molecule has 130 valence electrons. The summed E-state index contributed by atoms with van der Waals surface area (Å²) in [5, 5.41) is 3.02. The van der Waals surface area contributed by atoms with E-state index in [2.05, 4.69) is 5.32 Å². The van der Waals surface area contributed by atoms with E-state index in [0.717, 1.165) is 17.0 Å². The molecule has 2 aromatic rings. The molecule has 1 fully saturated rings. The lowest BCUT2D eigenvalue weighted by Gasteiger charge is -2.22. The van der Waals surface area contributed by atoms with E-state index in [1.165, 1.54) is 6.07 Å². The summed E-state index contributed by atoms with van der Waals surface area (Å²) in [6.07, 6.45) is 0.0182. The van der Waals surface area contributed by atoms with Crippen LogP contribution in [0.2, 0.25) is 0 Å². The van der Waals surface area contributed by atoms with Crippen molar-refractivity contribution in [2.75, 3.05) is 11.4 Å². The number of rotatable bonds is 5. The Morgan fingerprint density at radius 2 is 1.76 bits per heavy atom. The maximum Gasteiger partial charge on any atom is 0.239 e. The van der Waals surface area contributed by atoms with Crippen molar-refractivity contribution in [1.29, 1.82) is 0 Å². The second-order valence-corrected chi connectivity index (χ2v) is 5.89. The maximum atomic E-state index is 13.9. The molecule has 3 rings (SSSR count). The van der Waals surface area contributed by atoms with Crippen molar-refractivity contribution in [3.8, 4) is 0 Å². The number of nitrogens with zero attached hydrogens (tertiary/aromatic N) is 1. The molecule has 1 aliphatic heterocycles. The quantitative estimate of drug-likeness (QED) is 0.869. The molecule has 3 N–H and O–H groups in total. The molecule has 7 heteroatoms. The molecule has 0 radical (unpaired) electrons. The number of hydrogen-bond donors (Lipinski definition) is 2. The average Bonchev–Trinajstić information content (AvgIpc) is 2.93. The number of hydrogen-bond acceptors (Lipinski definition) is 3. The van der Waals surface area contributed by atoms with E-state index in [4.69, 9.17) is 5.73 Å². The third kappa shape index (κ3) is 3.51. The Labute approximate surface area is 143 Å². The second kappa shape index (κ2) is 6.98. The summed E-state index contributed by atoms with van der Waals surface area (Å²) < 4.78 is 27.9. The second-order valence-electron chi connectivity index (χ2n) is 5.89. The molecule has 2 unspecified atom stereocenters. The Hall–Kier alpha value is -2.80. The first kappa shape index (κ1) is 17.0. The van der Waals surface area contributed by atoms with Gasteiger partial charge in [-0.2, -0.15) is 0 Å². The number of halogens is 2. The van der Waals surface area contributed by atoms with Crippen LogP contribution in [-0.2, 0) is 9.59 Å². The van der Waals surface area contributed by atoms with Gasteiger partial charge in [-0.3, -0.25) is 14.9 Å². The fraction of sp³-hybridized carbons (Fsp3) is 0.222. The van der Waals surface area contributed by atoms with Crippen LogP contribution in [0, 0.1) is 11.6 Å². The minimum atomic E-state index is -0.802. The molecule has 0 bridgehead atoms. The zero-order valence-electron chi connectivity index (χ0n) is 13.3. The normalized spacial score (nSPS) is 18.4. The summed E-state index contributed by atoms with van der Waals surface area (Å²) in [7, 11) is 0. The summed E-state index contributed by atoms with van der Waals surface area (Å²) in [4.78, 5) is 25.0. The largest absolute Gasteiger partial charge is 0.368 e. The van der Waals surface area contributed by atoms with Crippen molar-refractivity contribution in [2.45, 2.75) is 18.5 Å². The minimum absolute atomic E-state index is 0.0182. The molecule has 2 amide bonds. The molecule has 0 aromatic heterocycles. The van der Waals surface area contributed by atoms with Crippen molar-refractivity contribution in [3.63, 3.8) is 0 Å². The van der Waals surface area contributed by atoms with E-state index in [1.54, 1.807) is 24.3 Å². The van der Waals surface area contributed by atoms with Crippen molar-refractivity contribution < 1.29 is 18.4 Å². The van der Waals surface area contributed by atoms with E-state index in [0.29, 0.717) is 5.56 Å². The number of primary amides is 1. The van der Waals surface area contributed by atoms with Crippen LogP contribution >= 0.6 is 0 Å². The van der Waals surface area contributed by atoms with Gasteiger partial charge in [0.25, 0.3) is 0 Å². The summed E-state index contributed by atoms with van der Waals surface area (Å²) >= 11 is 0. The number of anilines is 1. The standard InChI is InChI=1S/C18H17F2N3O2/c19-13-7-4-8-14(20)17(13)23-10-12(9-15(23)24)22-16(18(21)25)11-5-2-1-3-6-11/h1-8,12,16,22H,9-10H2,(H2,21,25). The van der Waals surface area contributed by atoms with Crippen molar-refractivity contribution >= 4 is 17.5 Å². The van der Waals surface area contributed by atoms with Crippen LogP contribution in [-0.4, -0.2) is 24.4 Å². The van der Waals surface area contributed by atoms with E-state index in [-0.39, 0.29) is 18.7 Å². The molecular formula is C18H17F2N3O2. The highest BCUT2D eigenvalue weighted by Gasteiger charge is 2.35. The van der Waals surface area contributed by atoms with Crippen molar-refractivity contribution in [2.24, 2.45) is 5.73 Å². The SMILES string of the molecule is NC(=O)C(NC1CC(=O)N(c2c(F)cccc2F)C1)c1ccccc1. The van der Waals surface area contributed by atoms with Gasteiger partial charge in [0.05, 0.1) is 0 Å². The van der Waals surface area contributed by atoms with Crippen molar-refractivity contribution in [3.05, 3.63) is 65.7 Å². The van der Waals surface area contributed by atoms with Crippen LogP contribution in [0.1, 0.15) is 18.0 Å². The summed E-state index contributed by atoms with van der Waals surface area (Å²) in [6.45, 7) is 0.0489. The third-order valence-electron chi connectivity index (χ3n) is 4.15. The molecule has 5 nitrogen and oxygen atoms in total. The lowest BCUT2D eigenvalue weighted by atomic mass is 10.1. The average molecular weight is 345 g/mol. The van der Waals surface area contributed by atoms with Gasteiger partial charge in [-0.1, -0.05) is 36.4 Å². The fourth-order valence-electron chi connectivity index (χ4n) is 3.01. The Bertz CT molecular complexity index is 778. The molecule has 25 heavy (non-hydrogen) atoms. The van der Waals surface area contributed by atoms with Crippen LogP contribution in [0.4, 0.5) is 14.5 Å². The van der Waals surface area contributed by atoms with Crippen LogP contribution in [0.5, 0.6) is 0 Å². The molecule has 1 saturated heterocycles. The monoisotopic (exact) mass is 345 g/mol. The number of nitrogens with two attached hydrogens (primary N) is 1. The van der Waals surface area contributed by atoms with Gasteiger partial charge in [0.15, 0.2) is 0 Å². The van der Waals surface area contributed by atoms with E-state index >= 15 is 0 Å². The Morgan fingerprint density at radius 1 is 1.12 bits per heavy atom. The van der Waals surface area contributed by atoms with E-state index < -0.39 is 35.5 Å². The third-order valence-corrected chi connectivity index (χ3v) is 4.15. The number of para-hydroxylation sites is 1. The summed E-state index contributed by atoms with van der Waals surface area (Å²) in [5.74, 6) is -2.61. The molecule has 1 aliphatic rings. The lowest BCUT2D eigenvalue weighted by Crippen LogP contribution is -2.41. The predicted octanol–water partition coefficient (Wildman–Crippen LogP) is 1.89. The first-order chi connectivity index (χ1) is 12.0. The molecule has 0 spiro atoms. The van der Waals surface area contributed by atoms with Gasteiger partial charge < -0.3 is 10.6 Å². The Kier molecular flexibility index (Phi) is 4.76. The molecule has 2 aromatic carbocycles. The van der Waals surface area contributed by atoms with Gasteiger partial charge in [0.1, 0.15) is 23.4 Å². The van der Waals surface area contributed by atoms with Crippen molar-refractivity contribution in [1.82, 2.24) is 5.32 Å². The Balaban J connectivity index is 1.79. The van der Waals surface area contributed by atoms with Gasteiger partial charge >= 0.3 is 0 Å². The first-order valence-electron chi connectivity index (χ1n) is 7.82. The van der Waals surface area contributed by atoms with Crippen LogP contribution in [0.15, 0.2) is 48.5 Å². The van der Waals surface area contributed by atoms with Crippen LogP contribution in [0.3, 0.4) is 0 Å². The molecular weight excluding hydrogens is 328 g/mol. The molecule has 2 atom stereocenters. The smallest absolute Gasteiger partial charge is 0.239 e. The van der Waals surface area contributed by atoms with E-state index in [9.17, 15) is 18.4 Å². The molecule has 0 saturated carbocycles. The highest BCUT2D eigenvalue weighted by molar-refractivity contribution is 5.96. The Morgan fingerprint density at radius 3 is 2.36 bits per heavy atom. The summed E-state index contributed by atoms with van der Waals surface area (Å²) in [6, 6.07) is 11.0. The zero-order chi connectivity index (χ0) is 18.0. The van der Waals surface area contributed by atoms with Gasteiger partial charge in [-0.15, -0.1) is 0 Å². The fourth-order valence-corrected chi connectivity index (χ4v) is 3.01. The minimum Gasteiger partial charge on any atom is -0.368 e.